The number of aromatic nitrogens is 2. The first-order valence-electron chi connectivity index (χ1n) is 7.46. The van der Waals surface area contributed by atoms with E-state index < -0.39 is 0 Å². The van der Waals surface area contributed by atoms with Crippen molar-refractivity contribution in [2.75, 3.05) is 0 Å². The smallest absolute Gasteiger partial charge is 0.121 e. The number of imidazole rings is 1. The molecule has 0 spiro atoms. The van der Waals surface area contributed by atoms with E-state index >= 15 is 0 Å². The van der Waals surface area contributed by atoms with E-state index in [1.807, 2.05) is 18.2 Å². The Kier molecular flexibility index (Phi) is 5.40. The number of hydrogen-bond donors (Lipinski definition) is 2. The summed E-state index contributed by atoms with van der Waals surface area (Å²) in [6, 6.07) is 8.74. The van der Waals surface area contributed by atoms with Gasteiger partial charge in [-0.3, -0.25) is 0 Å². The van der Waals surface area contributed by atoms with Crippen molar-refractivity contribution in [2.45, 2.75) is 58.5 Å². The van der Waals surface area contributed by atoms with Crippen LogP contribution in [0, 0.1) is 0 Å². The van der Waals surface area contributed by atoms with Crippen LogP contribution in [0.1, 0.15) is 51.8 Å². The second kappa shape index (κ2) is 7.29. The van der Waals surface area contributed by atoms with Gasteiger partial charge in [0, 0.05) is 6.04 Å². The molecule has 2 N–H and O–H groups in total. The van der Waals surface area contributed by atoms with Gasteiger partial charge in [0.1, 0.15) is 5.82 Å². The lowest BCUT2D eigenvalue weighted by atomic mass is 10.1. The number of rotatable bonds is 8. The summed E-state index contributed by atoms with van der Waals surface area (Å²) in [6.45, 7) is 5.33. The maximum Gasteiger partial charge on any atom is 0.121 e. The zero-order valence-corrected chi connectivity index (χ0v) is 12.1. The summed E-state index contributed by atoms with van der Waals surface area (Å²) < 4.78 is 0. The van der Waals surface area contributed by atoms with Crippen LogP contribution in [0.2, 0.25) is 0 Å². The van der Waals surface area contributed by atoms with Crippen molar-refractivity contribution in [3.8, 4) is 0 Å². The molecule has 0 radical (unpaired) electrons. The summed E-state index contributed by atoms with van der Waals surface area (Å²) in [4.78, 5) is 7.93. The number of fused-ring (bicyclic) bond motifs is 1. The average molecular weight is 259 g/mol. The third-order valence-corrected chi connectivity index (χ3v) is 3.55. The summed E-state index contributed by atoms with van der Waals surface area (Å²) in [5.74, 6) is 1.03. The third-order valence-electron chi connectivity index (χ3n) is 3.55. The molecule has 0 bridgehead atoms. The first kappa shape index (κ1) is 14.1. The summed E-state index contributed by atoms with van der Waals surface area (Å²) in [5, 5.41) is 3.54. The number of para-hydroxylation sites is 2. The first-order valence-corrected chi connectivity index (χ1v) is 7.46. The zero-order chi connectivity index (χ0) is 13.5. The molecule has 0 saturated carbocycles. The lowest BCUT2D eigenvalue weighted by molar-refractivity contribution is 0.477. The Bertz CT molecular complexity index is 456. The number of unbranched alkanes of at least 4 members (excludes halogenated alkanes) is 3. The van der Waals surface area contributed by atoms with Crippen molar-refractivity contribution in [1.82, 2.24) is 15.3 Å². The van der Waals surface area contributed by atoms with Crippen LogP contribution in [0.25, 0.3) is 11.0 Å². The number of nitrogens with zero attached hydrogens (tertiary/aromatic N) is 1. The zero-order valence-electron chi connectivity index (χ0n) is 12.1. The fourth-order valence-corrected chi connectivity index (χ4v) is 2.34. The van der Waals surface area contributed by atoms with E-state index in [2.05, 4.69) is 35.2 Å². The Morgan fingerprint density at radius 3 is 2.84 bits per heavy atom. The normalized spacial score (nSPS) is 12.9. The van der Waals surface area contributed by atoms with E-state index in [4.69, 9.17) is 0 Å². The SMILES string of the molecule is CCCCCCC(C)NCc1nc2ccccc2[nH]1. The molecule has 1 aromatic carbocycles. The molecule has 2 rings (SSSR count). The van der Waals surface area contributed by atoms with Crippen molar-refractivity contribution in [3.05, 3.63) is 30.1 Å². The van der Waals surface area contributed by atoms with Crippen LogP contribution >= 0.6 is 0 Å². The Morgan fingerprint density at radius 1 is 1.21 bits per heavy atom. The van der Waals surface area contributed by atoms with Crippen molar-refractivity contribution in [2.24, 2.45) is 0 Å². The van der Waals surface area contributed by atoms with Crippen LogP contribution in [0.15, 0.2) is 24.3 Å². The molecule has 0 fully saturated rings. The highest BCUT2D eigenvalue weighted by molar-refractivity contribution is 5.74. The molecule has 3 nitrogen and oxygen atoms in total. The molecule has 3 heteroatoms. The Labute approximate surface area is 115 Å². The highest BCUT2D eigenvalue weighted by atomic mass is 15.0. The Balaban J connectivity index is 1.75. The van der Waals surface area contributed by atoms with E-state index in [1.54, 1.807) is 0 Å². The van der Waals surface area contributed by atoms with Crippen LogP contribution in [-0.2, 0) is 6.54 Å². The summed E-state index contributed by atoms with van der Waals surface area (Å²) in [5.41, 5.74) is 2.17. The van der Waals surface area contributed by atoms with E-state index in [0.29, 0.717) is 6.04 Å². The van der Waals surface area contributed by atoms with Gasteiger partial charge >= 0.3 is 0 Å². The molecular formula is C16H25N3. The standard InChI is InChI=1S/C16H25N3/c1-3-4-5-6-9-13(2)17-12-16-18-14-10-7-8-11-15(14)19-16/h7-8,10-11,13,17H,3-6,9,12H2,1-2H3,(H,18,19). The molecule has 0 aliphatic carbocycles. The highest BCUT2D eigenvalue weighted by Gasteiger charge is 2.04. The maximum absolute atomic E-state index is 4.58. The molecule has 1 aromatic heterocycles. The molecule has 1 atom stereocenters. The minimum atomic E-state index is 0.560. The maximum atomic E-state index is 4.58. The number of H-pyrrole nitrogens is 1. The average Bonchev–Trinajstić information content (AvgIpc) is 2.84. The highest BCUT2D eigenvalue weighted by Crippen LogP contribution is 2.10. The van der Waals surface area contributed by atoms with Gasteiger partial charge in [-0.25, -0.2) is 4.98 Å². The molecule has 19 heavy (non-hydrogen) atoms. The fraction of sp³-hybridized carbons (Fsp3) is 0.562. The predicted octanol–water partition coefficient (Wildman–Crippen LogP) is 4.01. The summed E-state index contributed by atoms with van der Waals surface area (Å²) in [7, 11) is 0. The van der Waals surface area contributed by atoms with Gasteiger partial charge in [0.25, 0.3) is 0 Å². The largest absolute Gasteiger partial charge is 0.341 e. The van der Waals surface area contributed by atoms with Crippen molar-refractivity contribution < 1.29 is 0 Å². The number of nitrogens with one attached hydrogen (secondary N) is 2. The Morgan fingerprint density at radius 2 is 2.05 bits per heavy atom. The van der Waals surface area contributed by atoms with Gasteiger partial charge in [0.15, 0.2) is 0 Å². The van der Waals surface area contributed by atoms with Crippen LogP contribution < -0.4 is 5.32 Å². The number of benzene rings is 1. The number of hydrogen-bond acceptors (Lipinski definition) is 2. The minimum Gasteiger partial charge on any atom is -0.341 e. The van der Waals surface area contributed by atoms with Gasteiger partial charge in [-0.1, -0.05) is 44.7 Å². The molecule has 0 amide bonds. The first-order chi connectivity index (χ1) is 9.29. The van der Waals surface area contributed by atoms with Crippen LogP contribution in [0.5, 0.6) is 0 Å². The molecule has 0 aliphatic heterocycles. The molecule has 104 valence electrons. The fourth-order valence-electron chi connectivity index (χ4n) is 2.34. The third kappa shape index (κ3) is 4.35. The van der Waals surface area contributed by atoms with E-state index in [-0.39, 0.29) is 0 Å². The predicted molar refractivity (Wildman–Crippen MR) is 81.2 cm³/mol. The van der Waals surface area contributed by atoms with Gasteiger partial charge in [-0.2, -0.15) is 0 Å². The van der Waals surface area contributed by atoms with Gasteiger partial charge in [-0.15, -0.1) is 0 Å². The molecule has 0 saturated heterocycles. The van der Waals surface area contributed by atoms with Crippen molar-refractivity contribution >= 4 is 11.0 Å². The topological polar surface area (TPSA) is 40.7 Å². The van der Waals surface area contributed by atoms with Crippen LogP contribution in [0.3, 0.4) is 0 Å². The molecule has 1 heterocycles. The second-order valence-electron chi connectivity index (χ2n) is 5.33. The Hall–Kier alpha value is -1.35. The van der Waals surface area contributed by atoms with Crippen LogP contribution in [-0.4, -0.2) is 16.0 Å². The lowest BCUT2D eigenvalue weighted by Crippen LogP contribution is -2.25. The second-order valence-corrected chi connectivity index (χ2v) is 5.33. The van der Waals surface area contributed by atoms with Gasteiger partial charge in [-0.05, 0) is 25.5 Å². The summed E-state index contributed by atoms with van der Waals surface area (Å²) >= 11 is 0. The van der Waals surface area contributed by atoms with Crippen molar-refractivity contribution in [3.63, 3.8) is 0 Å². The molecule has 2 aromatic rings. The van der Waals surface area contributed by atoms with E-state index in [0.717, 1.165) is 23.4 Å². The van der Waals surface area contributed by atoms with E-state index in [1.165, 1.54) is 32.1 Å². The van der Waals surface area contributed by atoms with Gasteiger partial charge in [0.05, 0.1) is 17.6 Å². The molecular weight excluding hydrogens is 234 g/mol. The minimum absolute atomic E-state index is 0.560. The lowest BCUT2D eigenvalue weighted by Gasteiger charge is -2.12. The number of aromatic amines is 1. The van der Waals surface area contributed by atoms with E-state index in [9.17, 15) is 0 Å². The van der Waals surface area contributed by atoms with Crippen LogP contribution in [0.4, 0.5) is 0 Å². The van der Waals surface area contributed by atoms with Crippen molar-refractivity contribution in [1.29, 1.82) is 0 Å². The molecule has 1 unspecified atom stereocenters. The van der Waals surface area contributed by atoms with Gasteiger partial charge < -0.3 is 10.3 Å². The molecule has 0 aliphatic rings. The van der Waals surface area contributed by atoms with Gasteiger partial charge in [0.2, 0.25) is 0 Å². The monoisotopic (exact) mass is 259 g/mol. The quantitative estimate of drug-likeness (QED) is 0.703. The summed E-state index contributed by atoms with van der Waals surface area (Å²) in [6.07, 6.45) is 6.59.